The van der Waals surface area contributed by atoms with Crippen molar-refractivity contribution >= 4 is 40.4 Å². The van der Waals surface area contributed by atoms with Crippen molar-refractivity contribution in [3.8, 4) is 0 Å². The van der Waals surface area contributed by atoms with E-state index in [1.807, 2.05) is 0 Å². The molecule has 2 aromatic rings. The number of fused-ring (bicyclic) bond motifs is 1. The molecule has 21 heteroatoms. The van der Waals surface area contributed by atoms with Crippen LogP contribution in [-0.4, -0.2) is 76.4 Å². The lowest BCUT2D eigenvalue weighted by molar-refractivity contribution is -0.0508. The lowest BCUT2D eigenvalue weighted by Crippen LogP contribution is -2.33. The molecule has 1 aliphatic heterocycles. The van der Waals surface area contributed by atoms with Gasteiger partial charge in [0.25, 0.3) is 0 Å². The molecule has 1 aliphatic rings. The third-order valence-corrected chi connectivity index (χ3v) is 8.25. The van der Waals surface area contributed by atoms with Gasteiger partial charge in [-0.15, -0.1) is 0 Å². The molecule has 0 aliphatic carbocycles. The minimum atomic E-state index is -5.59. The smallest absolute Gasteiger partial charge is 0.387 e. The van der Waals surface area contributed by atoms with Gasteiger partial charge in [0.2, 0.25) is 0 Å². The molecular weight excluding hydrogens is 503 g/mol. The second-order valence-electron chi connectivity index (χ2n) is 6.18. The maximum Gasteiger partial charge on any atom is 0.490 e. The van der Waals surface area contributed by atoms with Gasteiger partial charge in [0, 0.05) is 7.11 Å². The third kappa shape index (κ3) is 5.58. The molecule has 7 N–H and O–H groups in total. The summed E-state index contributed by atoms with van der Waals surface area (Å²) in [5.74, 6) is 0.0609. The number of aliphatic hydroxyl groups excluding tert-OH is 2. The average Bonchev–Trinajstić information content (AvgIpc) is 3.21. The summed E-state index contributed by atoms with van der Waals surface area (Å²) >= 11 is 0. The highest BCUT2D eigenvalue weighted by Crippen LogP contribution is 2.68. The van der Waals surface area contributed by atoms with Crippen LogP contribution in [0.3, 0.4) is 0 Å². The SMILES string of the molecule is COP(=O)(OC[C@H]1O[C@@H](n2cnc3c(N)ncnc32)[C@H](O)[C@@H]1O)OP(=O)(O)OP(=O)(O)O. The lowest BCUT2D eigenvalue weighted by Gasteiger charge is -2.21. The van der Waals surface area contributed by atoms with Gasteiger partial charge in [-0.3, -0.25) is 13.6 Å². The van der Waals surface area contributed by atoms with E-state index in [4.69, 9.17) is 24.8 Å². The molecule has 0 spiro atoms. The minimum absolute atomic E-state index is 0.0609. The number of nitrogens with zero attached hydrogens (tertiary/aromatic N) is 4. The van der Waals surface area contributed by atoms with Crippen molar-refractivity contribution < 1.29 is 61.0 Å². The predicted molar refractivity (Wildman–Crippen MR) is 100 cm³/mol. The van der Waals surface area contributed by atoms with Gasteiger partial charge in [0.15, 0.2) is 17.7 Å². The summed E-state index contributed by atoms with van der Waals surface area (Å²) in [4.78, 5) is 38.3. The van der Waals surface area contributed by atoms with Crippen LogP contribution in [-0.2, 0) is 36.1 Å². The number of rotatable bonds is 9. The molecule has 3 heterocycles. The third-order valence-electron chi connectivity index (χ3n) is 4.03. The number of imidazole rings is 1. The Balaban J connectivity index is 1.72. The van der Waals surface area contributed by atoms with Crippen molar-refractivity contribution in [3.05, 3.63) is 12.7 Å². The van der Waals surface area contributed by atoms with Crippen LogP contribution < -0.4 is 5.73 Å². The second kappa shape index (κ2) is 9.12. The summed E-state index contributed by atoms with van der Waals surface area (Å²) in [6, 6.07) is 0. The molecular formula is C11H18N5O13P3. The first-order valence-corrected chi connectivity index (χ1v) is 12.8. The maximum absolute atomic E-state index is 12.4. The zero-order chi connectivity index (χ0) is 23.9. The van der Waals surface area contributed by atoms with Crippen molar-refractivity contribution in [1.82, 2.24) is 19.5 Å². The van der Waals surface area contributed by atoms with E-state index in [9.17, 15) is 28.8 Å². The van der Waals surface area contributed by atoms with Gasteiger partial charge in [0.05, 0.1) is 12.9 Å². The first-order chi connectivity index (χ1) is 14.8. The molecule has 2 unspecified atom stereocenters. The number of aliphatic hydroxyl groups is 2. The van der Waals surface area contributed by atoms with Crippen LogP contribution in [0.2, 0.25) is 0 Å². The van der Waals surface area contributed by atoms with Crippen LogP contribution in [0.15, 0.2) is 12.7 Å². The van der Waals surface area contributed by atoms with Crippen LogP contribution in [0.4, 0.5) is 5.82 Å². The average molecular weight is 521 g/mol. The number of phosphoric ester groups is 1. The van der Waals surface area contributed by atoms with E-state index in [0.29, 0.717) is 0 Å². The van der Waals surface area contributed by atoms with Gasteiger partial charge < -0.3 is 35.4 Å². The van der Waals surface area contributed by atoms with Crippen molar-refractivity contribution in [3.63, 3.8) is 0 Å². The van der Waals surface area contributed by atoms with E-state index in [-0.39, 0.29) is 17.0 Å². The number of nitrogens with two attached hydrogens (primary N) is 1. The van der Waals surface area contributed by atoms with Crippen molar-refractivity contribution in [2.24, 2.45) is 0 Å². The van der Waals surface area contributed by atoms with Gasteiger partial charge in [-0.05, 0) is 0 Å². The van der Waals surface area contributed by atoms with Gasteiger partial charge in [-0.2, -0.15) is 8.62 Å². The molecule has 3 rings (SSSR count). The fourth-order valence-electron chi connectivity index (χ4n) is 2.70. The Kier molecular flexibility index (Phi) is 7.20. The highest BCUT2D eigenvalue weighted by atomic mass is 31.3. The molecule has 18 nitrogen and oxygen atoms in total. The molecule has 0 radical (unpaired) electrons. The van der Waals surface area contributed by atoms with Gasteiger partial charge >= 0.3 is 23.5 Å². The van der Waals surface area contributed by atoms with E-state index in [2.05, 4.69) is 28.1 Å². The second-order valence-corrected chi connectivity index (χ2v) is 10.9. The minimum Gasteiger partial charge on any atom is -0.387 e. The molecule has 6 atom stereocenters. The molecule has 1 fully saturated rings. The Morgan fingerprint density at radius 1 is 1.12 bits per heavy atom. The number of hydrogen-bond acceptors (Lipinski definition) is 14. The summed E-state index contributed by atoms with van der Waals surface area (Å²) in [5, 5.41) is 20.6. The van der Waals surface area contributed by atoms with E-state index in [0.717, 1.165) is 13.4 Å². The number of phosphoric acid groups is 3. The van der Waals surface area contributed by atoms with Crippen LogP contribution in [0.5, 0.6) is 0 Å². The maximum atomic E-state index is 12.4. The van der Waals surface area contributed by atoms with Gasteiger partial charge in [0.1, 0.15) is 30.2 Å². The number of hydrogen-bond donors (Lipinski definition) is 6. The van der Waals surface area contributed by atoms with Crippen molar-refractivity contribution in [2.75, 3.05) is 19.5 Å². The summed E-state index contributed by atoms with van der Waals surface area (Å²) in [7, 11) is -15.3. The Bertz CT molecular complexity index is 1120. The van der Waals surface area contributed by atoms with Crippen LogP contribution in [0, 0.1) is 0 Å². The fourth-order valence-corrected chi connectivity index (χ4v) is 6.07. The lowest BCUT2D eigenvalue weighted by atomic mass is 10.1. The number of ether oxygens (including phenoxy) is 1. The molecule has 180 valence electrons. The normalized spacial score (nSPS) is 27.9. The standard InChI is InChI=1S/C11H18N5O13P3/c1-25-32(24,29-31(22,23)28-30(19,20)21)26-2-5-7(17)8(18)11(27-5)16-4-15-6-9(12)13-3-14-10(6)16/h3-5,7-8,11,17-18H,2H2,1H3,(H,22,23)(H2,12,13,14)(H2,19,20,21)/t5-,7-,8-,11-,32?/m1/s1. The first kappa shape index (κ1) is 25.3. The van der Waals surface area contributed by atoms with Crippen molar-refractivity contribution in [2.45, 2.75) is 24.5 Å². The molecule has 0 amide bonds. The van der Waals surface area contributed by atoms with Crippen LogP contribution in [0.25, 0.3) is 11.2 Å². The predicted octanol–water partition coefficient (Wildman–Crippen LogP) is -0.975. The van der Waals surface area contributed by atoms with E-state index < -0.39 is 54.6 Å². The quantitative estimate of drug-likeness (QED) is 0.216. The van der Waals surface area contributed by atoms with E-state index in [1.165, 1.54) is 10.9 Å². The molecule has 32 heavy (non-hydrogen) atoms. The monoisotopic (exact) mass is 521 g/mol. The number of anilines is 1. The van der Waals surface area contributed by atoms with Crippen molar-refractivity contribution in [1.29, 1.82) is 0 Å². The largest absolute Gasteiger partial charge is 0.490 e. The van der Waals surface area contributed by atoms with Crippen LogP contribution in [0.1, 0.15) is 6.23 Å². The fraction of sp³-hybridized carbons (Fsp3) is 0.545. The molecule has 0 aromatic carbocycles. The Labute approximate surface area is 178 Å². The van der Waals surface area contributed by atoms with E-state index >= 15 is 0 Å². The molecule has 1 saturated heterocycles. The van der Waals surface area contributed by atoms with Crippen LogP contribution >= 0.6 is 23.5 Å². The summed E-state index contributed by atoms with van der Waals surface area (Å²) in [6.45, 7) is -0.820. The summed E-state index contributed by atoms with van der Waals surface area (Å²) in [5.41, 5.74) is 6.08. The Hall–Kier alpha value is -1.36. The Morgan fingerprint density at radius 2 is 1.81 bits per heavy atom. The number of aromatic nitrogens is 4. The highest BCUT2D eigenvalue weighted by molar-refractivity contribution is 7.66. The zero-order valence-electron chi connectivity index (χ0n) is 15.9. The zero-order valence-corrected chi connectivity index (χ0v) is 18.6. The molecule has 0 saturated carbocycles. The molecule has 2 aromatic heterocycles. The van der Waals surface area contributed by atoms with Gasteiger partial charge in [-0.25, -0.2) is 28.6 Å². The first-order valence-electron chi connectivity index (χ1n) is 8.31. The summed E-state index contributed by atoms with van der Waals surface area (Å²) < 4.78 is 58.2. The topological polar surface area (TPSA) is 268 Å². The summed E-state index contributed by atoms with van der Waals surface area (Å²) in [6.07, 6.45) is -3.42. The Morgan fingerprint density at radius 3 is 2.44 bits per heavy atom. The number of nitrogen functional groups attached to an aromatic ring is 1. The van der Waals surface area contributed by atoms with Gasteiger partial charge in [-0.1, -0.05) is 0 Å². The van der Waals surface area contributed by atoms with E-state index in [1.54, 1.807) is 0 Å². The molecule has 0 bridgehead atoms. The highest BCUT2D eigenvalue weighted by Gasteiger charge is 2.47.